The first-order valence-electron chi connectivity index (χ1n) is 8.45. The molecule has 0 fully saturated rings. The van der Waals surface area contributed by atoms with Gasteiger partial charge in [-0.1, -0.05) is 36.4 Å². The van der Waals surface area contributed by atoms with Gasteiger partial charge in [0, 0.05) is 22.9 Å². The van der Waals surface area contributed by atoms with Crippen LogP contribution in [0.3, 0.4) is 0 Å². The Balaban J connectivity index is 0.000000755. The molecule has 10 heteroatoms. The summed E-state index contributed by atoms with van der Waals surface area (Å²) >= 11 is 0. The number of rotatable bonds is 4. The summed E-state index contributed by atoms with van der Waals surface area (Å²) in [4.78, 5) is 20.5. The van der Waals surface area contributed by atoms with Gasteiger partial charge in [-0.3, -0.25) is 9.59 Å². The number of nitrogens with one attached hydrogen (secondary N) is 1. The number of benzene rings is 2. The van der Waals surface area contributed by atoms with Crippen LogP contribution in [0.25, 0.3) is 22.6 Å². The number of anilines is 1. The monoisotopic (exact) mass is 391 g/mol. The second-order valence-electron chi connectivity index (χ2n) is 5.88. The first kappa shape index (κ1) is 19.4. The molecule has 0 saturated heterocycles. The average Bonchev–Trinajstić information content (AvgIpc) is 3.25. The van der Waals surface area contributed by atoms with Gasteiger partial charge in [0.2, 0.25) is 5.82 Å². The minimum absolute atomic E-state index is 0.167. The van der Waals surface area contributed by atoms with E-state index in [2.05, 4.69) is 25.7 Å². The first-order valence-corrected chi connectivity index (χ1v) is 8.45. The van der Waals surface area contributed by atoms with Gasteiger partial charge in [-0.05, 0) is 29.0 Å². The van der Waals surface area contributed by atoms with Crippen molar-refractivity contribution in [2.45, 2.75) is 6.54 Å². The Morgan fingerprint density at radius 3 is 2.45 bits per heavy atom. The lowest BCUT2D eigenvalue weighted by Gasteiger charge is -2.08. The highest BCUT2D eigenvalue weighted by Gasteiger charge is 2.07. The topological polar surface area (TPSA) is 153 Å². The molecule has 0 spiro atoms. The fourth-order valence-electron chi connectivity index (χ4n) is 2.65. The number of aromatic nitrogens is 6. The molecule has 0 unspecified atom stereocenters. The van der Waals surface area contributed by atoms with Crippen molar-refractivity contribution in [2.75, 3.05) is 5.73 Å². The third kappa shape index (κ3) is 4.89. The van der Waals surface area contributed by atoms with Crippen LogP contribution in [-0.2, 0) is 11.3 Å². The first-order chi connectivity index (χ1) is 14.1. The Kier molecular flexibility index (Phi) is 6.05. The highest BCUT2D eigenvalue weighted by atomic mass is 16.3. The molecule has 2 aromatic carbocycles. The van der Waals surface area contributed by atoms with Crippen LogP contribution in [-0.4, -0.2) is 42.0 Å². The number of hydrogen-bond acceptors (Lipinski definition) is 7. The zero-order chi connectivity index (χ0) is 20.6. The molecule has 0 bridgehead atoms. The lowest BCUT2D eigenvalue weighted by atomic mass is 10.1. The molecule has 0 radical (unpaired) electrons. The highest BCUT2D eigenvalue weighted by molar-refractivity contribution is 5.64. The van der Waals surface area contributed by atoms with Crippen LogP contribution < -0.4 is 11.3 Å². The molecule has 4 rings (SSSR count). The number of aromatic amines is 1. The van der Waals surface area contributed by atoms with E-state index >= 15 is 0 Å². The van der Waals surface area contributed by atoms with E-state index in [-0.39, 0.29) is 12.0 Å². The number of nitrogen functional groups attached to an aromatic ring is 1. The van der Waals surface area contributed by atoms with Crippen molar-refractivity contribution in [3.05, 3.63) is 76.6 Å². The van der Waals surface area contributed by atoms with Gasteiger partial charge in [0.05, 0.1) is 12.2 Å². The summed E-state index contributed by atoms with van der Waals surface area (Å²) in [5.74, 6) is 0.524. The Labute approximate surface area is 164 Å². The van der Waals surface area contributed by atoms with Crippen LogP contribution in [0.15, 0.2) is 65.5 Å². The predicted octanol–water partition coefficient (Wildman–Crippen LogP) is 1.42. The molecule has 0 aliphatic heterocycles. The number of tetrazole rings is 1. The van der Waals surface area contributed by atoms with Gasteiger partial charge < -0.3 is 10.8 Å². The summed E-state index contributed by atoms with van der Waals surface area (Å²) in [5.41, 5.74) is 9.64. The number of nitrogens with two attached hydrogens (primary N) is 1. The van der Waals surface area contributed by atoms with Crippen LogP contribution in [0.1, 0.15) is 5.56 Å². The molecule has 4 N–H and O–H groups in total. The SMILES string of the molecule is Nc1cccc(Cn2nc(-c3ccc(-c4nn[nH]n4)cc3)ccc2=O)c1.O=CO. The molecule has 0 atom stereocenters. The molecule has 0 saturated carbocycles. The van der Waals surface area contributed by atoms with Crippen LogP contribution in [0, 0.1) is 0 Å². The van der Waals surface area contributed by atoms with Gasteiger partial charge in [0.1, 0.15) is 0 Å². The van der Waals surface area contributed by atoms with E-state index in [1.165, 1.54) is 10.7 Å². The minimum Gasteiger partial charge on any atom is -0.483 e. The van der Waals surface area contributed by atoms with Gasteiger partial charge in [0.15, 0.2) is 0 Å². The molecule has 0 amide bonds. The molecule has 146 valence electrons. The smallest absolute Gasteiger partial charge is 0.290 e. The van der Waals surface area contributed by atoms with Crippen molar-refractivity contribution in [3.8, 4) is 22.6 Å². The van der Waals surface area contributed by atoms with Crippen molar-refractivity contribution in [1.82, 2.24) is 30.4 Å². The molecule has 0 aliphatic carbocycles. The standard InChI is InChI=1S/C18H15N7O.CH2O2/c19-15-3-1-2-12(10-15)11-25-17(26)9-8-16(22-25)13-4-6-14(7-5-13)18-20-23-24-21-18;2-1-3/h1-10H,11,19H2,(H,20,21,23,24);1H,(H,2,3). The Morgan fingerprint density at radius 1 is 1.07 bits per heavy atom. The van der Waals surface area contributed by atoms with Gasteiger partial charge in [0.25, 0.3) is 12.0 Å². The molecule has 0 aliphatic rings. The summed E-state index contributed by atoms with van der Waals surface area (Å²) in [6, 6.07) is 18.2. The molecular formula is C19H17N7O3. The Bertz CT molecular complexity index is 1140. The summed E-state index contributed by atoms with van der Waals surface area (Å²) in [6.45, 7) is 0.110. The third-order valence-corrected chi connectivity index (χ3v) is 3.93. The zero-order valence-corrected chi connectivity index (χ0v) is 15.1. The number of nitrogens with zero attached hydrogens (tertiary/aromatic N) is 5. The minimum atomic E-state index is -0.250. The van der Waals surface area contributed by atoms with Crippen molar-refractivity contribution in [1.29, 1.82) is 0 Å². The summed E-state index contributed by atoms with van der Waals surface area (Å²) in [5, 5.41) is 25.2. The lowest BCUT2D eigenvalue weighted by molar-refractivity contribution is -0.122. The maximum atomic E-state index is 12.1. The molecule has 2 heterocycles. The largest absolute Gasteiger partial charge is 0.483 e. The fourth-order valence-corrected chi connectivity index (χ4v) is 2.65. The van der Waals surface area contributed by atoms with E-state index in [1.54, 1.807) is 12.1 Å². The predicted molar refractivity (Wildman–Crippen MR) is 106 cm³/mol. The quantitative estimate of drug-likeness (QED) is 0.349. The maximum Gasteiger partial charge on any atom is 0.290 e. The zero-order valence-electron chi connectivity index (χ0n) is 15.1. The lowest BCUT2D eigenvalue weighted by Crippen LogP contribution is -2.22. The van der Waals surface area contributed by atoms with Crippen molar-refractivity contribution in [3.63, 3.8) is 0 Å². The second kappa shape index (κ2) is 9.04. The third-order valence-electron chi connectivity index (χ3n) is 3.93. The summed E-state index contributed by atoms with van der Waals surface area (Å²) < 4.78 is 1.43. The maximum absolute atomic E-state index is 12.1. The van der Waals surface area contributed by atoms with Gasteiger partial charge in [-0.2, -0.15) is 10.3 Å². The van der Waals surface area contributed by atoms with Crippen LogP contribution in [0.4, 0.5) is 5.69 Å². The number of carboxylic acid groups (broad SMARTS) is 1. The summed E-state index contributed by atoms with van der Waals surface area (Å²) in [7, 11) is 0. The number of carbonyl (C=O) groups is 1. The highest BCUT2D eigenvalue weighted by Crippen LogP contribution is 2.20. The average molecular weight is 391 g/mol. The number of hydrogen-bond donors (Lipinski definition) is 3. The van der Waals surface area contributed by atoms with E-state index in [9.17, 15) is 4.79 Å². The normalized spacial score (nSPS) is 10.1. The van der Waals surface area contributed by atoms with Gasteiger partial charge in [-0.25, -0.2) is 4.68 Å². The Hall–Kier alpha value is -4.34. The van der Waals surface area contributed by atoms with Gasteiger partial charge in [-0.15, -0.1) is 10.2 Å². The molecule has 2 aromatic heterocycles. The fraction of sp³-hybridized carbons (Fsp3) is 0.0526. The van der Waals surface area contributed by atoms with Crippen LogP contribution >= 0.6 is 0 Å². The molecule has 4 aromatic rings. The molecule has 10 nitrogen and oxygen atoms in total. The van der Waals surface area contributed by atoms with E-state index < -0.39 is 0 Å². The van der Waals surface area contributed by atoms with Gasteiger partial charge >= 0.3 is 0 Å². The molecule has 29 heavy (non-hydrogen) atoms. The summed E-state index contributed by atoms with van der Waals surface area (Å²) in [6.07, 6.45) is 0. The van der Waals surface area contributed by atoms with Crippen molar-refractivity contribution in [2.24, 2.45) is 0 Å². The van der Waals surface area contributed by atoms with Crippen LogP contribution in [0.2, 0.25) is 0 Å². The van der Waals surface area contributed by atoms with E-state index in [1.807, 2.05) is 42.5 Å². The van der Waals surface area contributed by atoms with Crippen molar-refractivity contribution < 1.29 is 9.90 Å². The Morgan fingerprint density at radius 2 is 1.79 bits per heavy atom. The second-order valence-corrected chi connectivity index (χ2v) is 5.88. The van der Waals surface area contributed by atoms with E-state index in [4.69, 9.17) is 15.6 Å². The number of H-pyrrole nitrogens is 1. The molecular weight excluding hydrogens is 374 g/mol. The van der Waals surface area contributed by atoms with Crippen LogP contribution in [0.5, 0.6) is 0 Å². The van der Waals surface area contributed by atoms with Crippen molar-refractivity contribution >= 4 is 12.2 Å². The van der Waals surface area contributed by atoms with E-state index in [0.717, 1.165) is 16.7 Å². The van der Waals surface area contributed by atoms with E-state index in [0.29, 0.717) is 23.8 Å².